The summed E-state index contributed by atoms with van der Waals surface area (Å²) in [7, 11) is 0. The Morgan fingerprint density at radius 1 is 1.19 bits per heavy atom. The molecule has 8 heteroatoms. The predicted octanol–water partition coefficient (Wildman–Crippen LogP) is 4.60. The third-order valence-electron chi connectivity index (χ3n) is 6.33. The van der Waals surface area contributed by atoms with E-state index in [1.165, 1.54) is 0 Å². The van der Waals surface area contributed by atoms with Gasteiger partial charge < -0.3 is 19.0 Å². The van der Waals surface area contributed by atoms with Gasteiger partial charge in [-0.3, -0.25) is 14.5 Å². The molecule has 190 valence electrons. The topological polar surface area (TPSA) is 102 Å². The summed E-state index contributed by atoms with van der Waals surface area (Å²) in [5.74, 6) is 0.806. The lowest BCUT2D eigenvalue weighted by atomic mass is 9.92. The minimum Gasteiger partial charge on any atom is -0.493 e. The minimum absolute atomic E-state index is 0.254. The number of carbonyl (C=O) groups excluding carboxylic acids is 1. The van der Waals surface area contributed by atoms with Crippen molar-refractivity contribution in [2.24, 2.45) is 0 Å². The van der Waals surface area contributed by atoms with Gasteiger partial charge in [-0.15, -0.1) is 0 Å². The Balaban J connectivity index is 1.39. The minimum atomic E-state index is -0.907. The lowest BCUT2D eigenvalue weighted by Gasteiger charge is -2.35. The van der Waals surface area contributed by atoms with Crippen LogP contribution >= 0.6 is 0 Å². The molecule has 0 amide bonds. The number of aryl methyl sites for hydroxylation is 1. The normalized spacial score (nSPS) is 15.3. The van der Waals surface area contributed by atoms with Gasteiger partial charge in [-0.05, 0) is 68.6 Å². The lowest BCUT2D eigenvalue weighted by Crippen LogP contribution is -2.40. The number of carboxylic acid groups (broad SMARTS) is 1. The predicted molar refractivity (Wildman–Crippen MR) is 134 cm³/mol. The first-order valence-corrected chi connectivity index (χ1v) is 12.4. The Kier molecular flexibility index (Phi) is 8.38. The van der Waals surface area contributed by atoms with Crippen LogP contribution < -0.4 is 4.74 Å². The highest BCUT2D eigenvalue weighted by molar-refractivity contribution is 5.77. The van der Waals surface area contributed by atoms with Crippen molar-refractivity contribution >= 4 is 11.9 Å². The summed E-state index contributed by atoms with van der Waals surface area (Å²) in [6.45, 7) is 5.54. The van der Waals surface area contributed by atoms with Crippen molar-refractivity contribution in [1.82, 2.24) is 9.88 Å². The van der Waals surface area contributed by atoms with E-state index in [0.29, 0.717) is 50.8 Å². The summed E-state index contributed by atoms with van der Waals surface area (Å²) in [5, 5.41) is 10.00. The van der Waals surface area contributed by atoms with E-state index in [9.17, 15) is 14.7 Å². The zero-order valence-electron chi connectivity index (χ0n) is 20.7. The van der Waals surface area contributed by atoms with Crippen molar-refractivity contribution < 1.29 is 28.6 Å². The number of hydrogen-bond acceptors (Lipinski definition) is 7. The Morgan fingerprint density at radius 3 is 2.75 bits per heavy atom. The molecule has 0 bridgehead atoms. The maximum atomic E-state index is 12.2. The van der Waals surface area contributed by atoms with Crippen LogP contribution in [0.1, 0.15) is 48.4 Å². The number of ether oxygens (including phenoxy) is 2. The van der Waals surface area contributed by atoms with E-state index in [-0.39, 0.29) is 12.4 Å². The van der Waals surface area contributed by atoms with Crippen LogP contribution in [0.2, 0.25) is 0 Å². The number of aliphatic carboxylic acids is 1. The van der Waals surface area contributed by atoms with E-state index in [0.717, 1.165) is 34.6 Å². The second-order valence-electron chi connectivity index (χ2n) is 8.78. The molecular weight excluding hydrogens is 460 g/mol. The van der Waals surface area contributed by atoms with Crippen LogP contribution in [-0.4, -0.2) is 53.2 Å². The Labute approximate surface area is 210 Å². The van der Waals surface area contributed by atoms with Gasteiger partial charge in [0.2, 0.25) is 5.89 Å². The molecule has 1 aliphatic heterocycles. The molecule has 1 atom stereocenters. The number of carbonyl (C=O) groups is 2. The van der Waals surface area contributed by atoms with Gasteiger partial charge in [0.25, 0.3) is 0 Å². The zero-order chi connectivity index (χ0) is 25.5. The second kappa shape index (κ2) is 11.9. The van der Waals surface area contributed by atoms with E-state index < -0.39 is 12.0 Å². The molecule has 0 fully saturated rings. The SMILES string of the molecule is CCOC(=O)CCCN1CCc2ccc(OCCc3nc(-c4ccccc4)oc3C)cc2C1C(=O)O. The smallest absolute Gasteiger partial charge is 0.325 e. The summed E-state index contributed by atoms with van der Waals surface area (Å²) < 4.78 is 16.8. The summed E-state index contributed by atoms with van der Waals surface area (Å²) >= 11 is 0. The van der Waals surface area contributed by atoms with E-state index in [4.69, 9.17) is 13.9 Å². The van der Waals surface area contributed by atoms with Gasteiger partial charge in [0.1, 0.15) is 17.6 Å². The van der Waals surface area contributed by atoms with E-state index >= 15 is 0 Å². The number of hydrogen-bond donors (Lipinski definition) is 1. The maximum absolute atomic E-state index is 12.2. The van der Waals surface area contributed by atoms with Crippen molar-refractivity contribution in [2.45, 2.75) is 45.6 Å². The molecule has 0 radical (unpaired) electrons. The van der Waals surface area contributed by atoms with Crippen molar-refractivity contribution in [1.29, 1.82) is 0 Å². The third kappa shape index (κ3) is 6.12. The van der Waals surface area contributed by atoms with Gasteiger partial charge in [-0.25, -0.2) is 4.98 Å². The molecular formula is C28H32N2O6. The average Bonchev–Trinajstić information content (AvgIpc) is 3.24. The van der Waals surface area contributed by atoms with Crippen molar-refractivity contribution in [3.8, 4) is 17.2 Å². The van der Waals surface area contributed by atoms with Gasteiger partial charge in [-0.1, -0.05) is 24.3 Å². The molecule has 36 heavy (non-hydrogen) atoms. The molecule has 2 aromatic carbocycles. The first-order valence-electron chi connectivity index (χ1n) is 12.4. The molecule has 0 saturated heterocycles. The highest BCUT2D eigenvalue weighted by Gasteiger charge is 2.33. The van der Waals surface area contributed by atoms with E-state index in [1.807, 2.05) is 60.4 Å². The largest absolute Gasteiger partial charge is 0.493 e. The number of carboxylic acids is 1. The monoisotopic (exact) mass is 492 g/mol. The highest BCUT2D eigenvalue weighted by atomic mass is 16.5. The quantitative estimate of drug-likeness (QED) is 0.388. The number of oxazole rings is 1. The van der Waals surface area contributed by atoms with Crippen molar-refractivity contribution in [3.63, 3.8) is 0 Å². The Morgan fingerprint density at radius 2 is 2.00 bits per heavy atom. The molecule has 8 nitrogen and oxygen atoms in total. The van der Waals surface area contributed by atoms with Gasteiger partial charge in [-0.2, -0.15) is 0 Å². The number of fused-ring (bicyclic) bond motifs is 1. The fourth-order valence-electron chi connectivity index (χ4n) is 4.55. The summed E-state index contributed by atoms with van der Waals surface area (Å²) in [6, 6.07) is 14.6. The van der Waals surface area contributed by atoms with Crippen molar-refractivity contribution in [2.75, 3.05) is 26.3 Å². The second-order valence-corrected chi connectivity index (χ2v) is 8.78. The highest BCUT2D eigenvalue weighted by Crippen LogP contribution is 2.33. The molecule has 2 heterocycles. The number of aromatic nitrogens is 1. The van der Waals surface area contributed by atoms with Gasteiger partial charge in [0.05, 0.1) is 18.9 Å². The molecule has 4 rings (SSSR count). The van der Waals surface area contributed by atoms with Crippen LogP contribution in [0.25, 0.3) is 11.5 Å². The Hall–Kier alpha value is -3.65. The summed E-state index contributed by atoms with van der Waals surface area (Å²) in [6.07, 6.45) is 2.15. The molecule has 1 N–H and O–H groups in total. The van der Waals surface area contributed by atoms with Gasteiger partial charge in [0, 0.05) is 24.9 Å². The van der Waals surface area contributed by atoms with Gasteiger partial charge in [0.15, 0.2) is 0 Å². The first-order chi connectivity index (χ1) is 17.5. The standard InChI is InChI=1S/C28H32N2O6/c1-3-34-25(31)10-7-15-30-16-13-20-11-12-22(18-23(20)26(30)28(32)33)35-17-14-24-19(2)36-27(29-24)21-8-5-4-6-9-21/h4-6,8-9,11-12,18,26H,3,7,10,13-17H2,1-2H3,(H,32,33). The fourth-order valence-corrected chi connectivity index (χ4v) is 4.55. The maximum Gasteiger partial charge on any atom is 0.325 e. The van der Waals surface area contributed by atoms with Crippen LogP contribution in [-0.2, 0) is 27.2 Å². The first kappa shape index (κ1) is 25.4. The molecule has 1 unspecified atom stereocenters. The molecule has 0 aliphatic carbocycles. The molecule has 0 spiro atoms. The third-order valence-corrected chi connectivity index (χ3v) is 6.33. The molecule has 1 aromatic heterocycles. The fraction of sp³-hybridized carbons (Fsp3) is 0.393. The summed E-state index contributed by atoms with van der Waals surface area (Å²) in [4.78, 5) is 30.4. The van der Waals surface area contributed by atoms with Crippen LogP contribution in [0.3, 0.4) is 0 Å². The van der Waals surface area contributed by atoms with Crippen LogP contribution in [0.5, 0.6) is 5.75 Å². The van der Waals surface area contributed by atoms with Crippen LogP contribution in [0.15, 0.2) is 52.9 Å². The van der Waals surface area contributed by atoms with E-state index in [1.54, 1.807) is 6.92 Å². The van der Waals surface area contributed by atoms with E-state index in [2.05, 4.69) is 4.98 Å². The van der Waals surface area contributed by atoms with Crippen molar-refractivity contribution in [3.05, 3.63) is 71.1 Å². The number of nitrogens with zero attached hydrogens (tertiary/aromatic N) is 2. The Bertz CT molecular complexity index is 1190. The number of benzene rings is 2. The zero-order valence-corrected chi connectivity index (χ0v) is 20.7. The number of esters is 1. The molecule has 1 aliphatic rings. The van der Waals surface area contributed by atoms with Crippen LogP contribution in [0.4, 0.5) is 0 Å². The lowest BCUT2D eigenvalue weighted by molar-refractivity contribution is -0.144. The van der Waals surface area contributed by atoms with Crippen LogP contribution in [0, 0.1) is 6.92 Å². The molecule has 0 saturated carbocycles. The number of rotatable bonds is 11. The van der Waals surface area contributed by atoms with Gasteiger partial charge >= 0.3 is 11.9 Å². The molecule has 3 aromatic rings. The average molecular weight is 493 g/mol. The summed E-state index contributed by atoms with van der Waals surface area (Å²) in [5.41, 5.74) is 3.51.